The summed E-state index contributed by atoms with van der Waals surface area (Å²) in [6.07, 6.45) is 3.76. The SMILES string of the molecule is CC(N)OC1CCC2(C)C(C)C(=O)CCC12C. The second-order valence-electron chi connectivity index (χ2n) is 6.39. The Hall–Kier alpha value is -0.410. The van der Waals surface area contributed by atoms with Crippen LogP contribution in [0.4, 0.5) is 0 Å². The Morgan fingerprint density at radius 2 is 2.00 bits per heavy atom. The minimum absolute atomic E-state index is 0.0852. The van der Waals surface area contributed by atoms with Gasteiger partial charge in [0.15, 0.2) is 0 Å². The van der Waals surface area contributed by atoms with Crippen LogP contribution >= 0.6 is 0 Å². The zero-order valence-electron chi connectivity index (χ0n) is 11.5. The van der Waals surface area contributed by atoms with Crippen LogP contribution in [0.5, 0.6) is 0 Å². The van der Waals surface area contributed by atoms with Gasteiger partial charge in [-0.3, -0.25) is 4.79 Å². The number of carbonyl (C=O) groups is 1. The third kappa shape index (κ3) is 1.75. The van der Waals surface area contributed by atoms with E-state index in [1.165, 1.54) is 0 Å². The van der Waals surface area contributed by atoms with Gasteiger partial charge in [0.2, 0.25) is 0 Å². The van der Waals surface area contributed by atoms with Crippen LogP contribution in [-0.2, 0) is 9.53 Å². The number of ether oxygens (including phenoxy) is 1. The minimum atomic E-state index is -0.216. The van der Waals surface area contributed by atoms with Crippen molar-refractivity contribution in [2.75, 3.05) is 0 Å². The summed E-state index contributed by atoms with van der Waals surface area (Å²) in [4.78, 5) is 11.9. The van der Waals surface area contributed by atoms with Gasteiger partial charge >= 0.3 is 0 Å². The highest BCUT2D eigenvalue weighted by molar-refractivity contribution is 5.82. The fourth-order valence-electron chi connectivity index (χ4n) is 3.99. The van der Waals surface area contributed by atoms with E-state index in [1.54, 1.807) is 0 Å². The topological polar surface area (TPSA) is 52.3 Å². The molecule has 17 heavy (non-hydrogen) atoms. The number of hydrogen-bond acceptors (Lipinski definition) is 3. The third-order valence-corrected chi connectivity index (χ3v) is 5.65. The first-order valence-corrected chi connectivity index (χ1v) is 6.75. The van der Waals surface area contributed by atoms with Crippen molar-refractivity contribution >= 4 is 5.78 Å². The van der Waals surface area contributed by atoms with Crippen molar-refractivity contribution < 1.29 is 9.53 Å². The van der Waals surface area contributed by atoms with Gasteiger partial charge in [0.25, 0.3) is 0 Å². The predicted molar refractivity (Wildman–Crippen MR) is 67.4 cm³/mol. The van der Waals surface area contributed by atoms with Crippen LogP contribution in [-0.4, -0.2) is 18.1 Å². The number of fused-ring (bicyclic) bond motifs is 1. The van der Waals surface area contributed by atoms with Crippen LogP contribution in [0.15, 0.2) is 0 Å². The molecule has 5 unspecified atom stereocenters. The van der Waals surface area contributed by atoms with Crippen molar-refractivity contribution in [2.45, 2.75) is 65.7 Å². The molecular weight excluding hydrogens is 214 g/mol. The molecule has 2 N–H and O–H groups in total. The first kappa shape index (κ1) is 13.0. The van der Waals surface area contributed by atoms with E-state index in [-0.39, 0.29) is 29.1 Å². The average molecular weight is 239 g/mol. The minimum Gasteiger partial charge on any atom is -0.360 e. The summed E-state index contributed by atoms with van der Waals surface area (Å²) in [5.74, 6) is 0.578. The molecule has 0 spiro atoms. The number of carbonyl (C=O) groups excluding carboxylic acids is 1. The molecule has 0 saturated heterocycles. The molecule has 0 bridgehead atoms. The lowest BCUT2D eigenvalue weighted by Gasteiger charge is -2.51. The van der Waals surface area contributed by atoms with Crippen molar-refractivity contribution in [3.63, 3.8) is 0 Å². The molecule has 2 rings (SSSR count). The molecule has 0 aliphatic heterocycles. The molecule has 3 nitrogen and oxygen atoms in total. The number of nitrogens with two attached hydrogens (primary N) is 1. The standard InChI is InChI=1S/C14H25NO2/c1-9-11(16)5-7-14(4)12(17-10(2)15)6-8-13(9,14)3/h9-10,12H,5-8,15H2,1-4H3. The number of Topliss-reactive ketones (excluding diaryl/α,β-unsaturated/α-hetero) is 1. The van der Waals surface area contributed by atoms with Crippen LogP contribution < -0.4 is 5.73 Å². The summed E-state index contributed by atoms with van der Waals surface area (Å²) in [6, 6.07) is 0. The van der Waals surface area contributed by atoms with Gasteiger partial charge in [-0.15, -0.1) is 0 Å². The maximum atomic E-state index is 11.9. The van der Waals surface area contributed by atoms with Crippen LogP contribution in [0, 0.1) is 16.7 Å². The fraction of sp³-hybridized carbons (Fsp3) is 0.929. The Balaban J connectivity index is 2.28. The largest absolute Gasteiger partial charge is 0.360 e. The predicted octanol–water partition coefficient (Wildman–Crippen LogP) is 2.48. The Labute approximate surface area is 104 Å². The van der Waals surface area contributed by atoms with Crippen LogP contribution in [0.1, 0.15) is 53.4 Å². The lowest BCUT2D eigenvalue weighted by molar-refractivity contribution is -0.147. The summed E-state index contributed by atoms with van der Waals surface area (Å²) in [5.41, 5.74) is 5.96. The third-order valence-electron chi connectivity index (χ3n) is 5.65. The van der Waals surface area contributed by atoms with Gasteiger partial charge in [0.1, 0.15) is 12.0 Å². The second kappa shape index (κ2) is 4.06. The monoisotopic (exact) mass is 239 g/mol. The smallest absolute Gasteiger partial charge is 0.136 e. The van der Waals surface area contributed by atoms with E-state index in [0.29, 0.717) is 12.2 Å². The fourth-order valence-corrected chi connectivity index (χ4v) is 3.99. The number of hydrogen-bond donors (Lipinski definition) is 1. The highest BCUT2D eigenvalue weighted by Crippen LogP contribution is 2.62. The van der Waals surface area contributed by atoms with Gasteiger partial charge in [-0.1, -0.05) is 20.8 Å². The van der Waals surface area contributed by atoms with Gasteiger partial charge < -0.3 is 10.5 Å². The molecule has 0 amide bonds. The van der Waals surface area contributed by atoms with E-state index in [9.17, 15) is 4.79 Å². The van der Waals surface area contributed by atoms with Crippen molar-refractivity contribution in [1.29, 1.82) is 0 Å². The van der Waals surface area contributed by atoms with Gasteiger partial charge in [-0.25, -0.2) is 0 Å². The van der Waals surface area contributed by atoms with E-state index < -0.39 is 0 Å². The number of rotatable bonds is 2. The van der Waals surface area contributed by atoms with E-state index in [1.807, 2.05) is 6.92 Å². The summed E-state index contributed by atoms with van der Waals surface area (Å²) >= 11 is 0. The lowest BCUT2D eigenvalue weighted by Crippen LogP contribution is -2.51. The number of ketones is 1. The van der Waals surface area contributed by atoms with Crippen molar-refractivity contribution in [2.24, 2.45) is 22.5 Å². The van der Waals surface area contributed by atoms with Crippen LogP contribution in [0.2, 0.25) is 0 Å². The first-order chi connectivity index (χ1) is 7.81. The molecule has 0 aromatic carbocycles. The van der Waals surface area contributed by atoms with Gasteiger partial charge in [0.05, 0.1) is 6.10 Å². The van der Waals surface area contributed by atoms with E-state index in [2.05, 4.69) is 20.8 Å². The zero-order chi connectivity index (χ0) is 12.8. The second-order valence-corrected chi connectivity index (χ2v) is 6.39. The molecule has 0 heterocycles. The van der Waals surface area contributed by atoms with Crippen molar-refractivity contribution in [3.8, 4) is 0 Å². The summed E-state index contributed by atoms with van der Waals surface area (Å²) in [5, 5.41) is 0. The van der Waals surface area contributed by atoms with E-state index in [4.69, 9.17) is 10.5 Å². The zero-order valence-corrected chi connectivity index (χ0v) is 11.5. The molecule has 0 aromatic rings. The molecule has 0 radical (unpaired) electrons. The molecule has 0 aromatic heterocycles. The summed E-state index contributed by atoms with van der Waals surface area (Å²) in [7, 11) is 0. The average Bonchev–Trinajstić information content (AvgIpc) is 2.50. The molecule has 5 atom stereocenters. The molecular formula is C14H25NO2. The maximum absolute atomic E-state index is 11.9. The molecule has 2 aliphatic rings. The molecule has 2 aliphatic carbocycles. The molecule has 3 heteroatoms. The summed E-state index contributed by atoms with van der Waals surface area (Å²) < 4.78 is 5.90. The van der Waals surface area contributed by atoms with Crippen molar-refractivity contribution in [1.82, 2.24) is 0 Å². The van der Waals surface area contributed by atoms with E-state index in [0.717, 1.165) is 19.3 Å². The first-order valence-electron chi connectivity index (χ1n) is 6.75. The quantitative estimate of drug-likeness (QED) is 0.753. The Bertz CT molecular complexity index is 328. The summed E-state index contributed by atoms with van der Waals surface area (Å²) in [6.45, 7) is 8.53. The molecule has 2 saturated carbocycles. The maximum Gasteiger partial charge on any atom is 0.136 e. The normalized spacial score (nSPS) is 47.9. The van der Waals surface area contributed by atoms with Gasteiger partial charge in [0, 0.05) is 17.8 Å². The van der Waals surface area contributed by atoms with Gasteiger partial charge in [-0.05, 0) is 31.6 Å². The Morgan fingerprint density at radius 1 is 1.35 bits per heavy atom. The lowest BCUT2D eigenvalue weighted by atomic mass is 9.54. The van der Waals surface area contributed by atoms with Gasteiger partial charge in [-0.2, -0.15) is 0 Å². The van der Waals surface area contributed by atoms with E-state index >= 15 is 0 Å². The molecule has 2 fully saturated rings. The highest BCUT2D eigenvalue weighted by Gasteiger charge is 2.60. The van der Waals surface area contributed by atoms with Crippen LogP contribution in [0.25, 0.3) is 0 Å². The van der Waals surface area contributed by atoms with Crippen LogP contribution in [0.3, 0.4) is 0 Å². The van der Waals surface area contributed by atoms with Crippen molar-refractivity contribution in [3.05, 3.63) is 0 Å². The highest BCUT2D eigenvalue weighted by atomic mass is 16.5. The Morgan fingerprint density at radius 3 is 2.59 bits per heavy atom. The Kier molecular flexibility index (Phi) is 3.11. The molecule has 98 valence electrons.